The van der Waals surface area contributed by atoms with Crippen LogP contribution in [0.3, 0.4) is 0 Å². The van der Waals surface area contributed by atoms with Crippen molar-refractivity contribution >= 4 is 11.9 Å². The van der Waals surface area contributed by atoms with E-state index in [1.807, 2.05) is 0 Å². The van der Waals surface area contributed by atoms with Gasteiger partial charge in [-0.3, -0.25) is 9.59 Å². The lowest BCUT2D eigenvalue weighted by Gasteiger charge is -2.24. The fourth-order valence-electron chi connectivity index (χ4n) is 0.605. The number of rotatable bonds is 5. The van der Waals surface area contributed by atoms with Crippen LogP contribution in [-0.4, -0.2) is 47.6 Å². The number of esters is 2. The molecular weight excluding hydrogens is 192 g/mol. The second-order valence-corrected chi connectivity index (χ2v) is 2.94. The third kappa shape index (κ3) is 5.50. The molecule has 14 heavy (non-hydrogen) atoms. The number of carbonyl (C=O) groups is 2. The van der Waals surface area contributed by atoms with E-state index in [4.69, 9.17) is 5.11 Å². The van der Waals surface area contributed by atoms with E-state index < -0.39 is 37.4 Å². The van der Waals surface area contributed by atoms with Crippen LogP contribution in [0.25, 0.3) is 0 Å². The average molecular weight is 206 g/mol. The van der Waals surface area contributed by atoms with Crippen molar-refractivity contribution in [3.63, 3.8) is 0 Å². The summed E-state index contributed by atoms with van der Waals surface area (Å²) < 4.78 is 8.98. The molecule has 0 saturated carbocycles. The van der Waals surface area contributed by atoms with Crippen LogP contribution in [0.4, 0.5) is 0 Å². The maximum atomic E-state index is 10.4. The molecule has 0 aliphatic carbocycles. The Labute approximate surface area is 81.4 Å². The van der Waals surface area contributed by atoms with Crippen LogP contribution >= 0.6 is 0 Å². The van der Waals surface area contributed by atoms with E-state index in [0.717, 1.165) is 0 Å². The van der Waals surface area contributed by atoms with Crippen molar-refractivity contribution in [3.05, 3.63) is 0 Å². The van der Waals surface area contributed by atoms with Gasteiger partial charge in [0.25, 0.3) is 0 Å². The third-order valence-electron chi connectivity index (χ3n) is 1.38. The molecule has 0 radical (unpaired) electrons. The van der Waals surface area contributed by atoms with Crippen LogP contribution in [0.1, 0.15) is 13.8 Å². The molecule has 0 aromatic rings. The Morgan fingerprint density at radius 1 is 1.14 bits per heavy atom. The van der Waals surface area contributed by atoms with Gasteiger partial charge in [0.1, 0.15) is 13.2 Å². The molecule has 0 heterocycles. The van der Waals surface area contributed by atoms with Crippen molar-refractivity contribution in [2.75, 3.05) is 19.8 Å². The predicted octanol–water partition coefficient (Wildman–Crippen LogP) is -1.16. The highest BCUT2D eigenvalue weighted by Gasteiger charge is 2.29. The largest absolute Gasteiger partial charge is 0.463 e. The highest BCUT2D eigenvalue weighted by molar-refractivity contribution is 5.66. The van der Waals surface area contributed by atoms with Crippen molar-refractivity contribution in [2.24, 2.45) is 0 Å². The van der Waals surface area contributed by atoms with E-state index in [-0.39, 0.29) is 0 Å². The average Bonchev–Trinajstić information content (AvgIpc) is 2.11. The lowest BCUT2D eigenvalue weighted by molar-refractivity contribution is -0.165. The molecular formula is C8H14O6. The van der Waals surface area contributed by atoms with E-state index in [1.165, 1.54) is 13.8 Å². The van der Waals surface area contributed by atoms with Crippen molar-refractivity contribution in [1.82, 2.24) is 0 Å². The highest BCUT2D eigenvalue weighted by atomic mass is 16.6. The number of aliphatic hydroxyl groups is 2. The normalized spacial score (nSPS) is 10.9. The Bertz CT molecular complexity index is 194. The van der Waals surface area contributed by atoms with Crippen LogP contribution in [0.5, 0.6) is 0 Å². The van der Waals surface area contributed by atoms with Crippen LogP contribution in [-0.2, 0) is 19.1 Å². The second-order valence-electron chi connectivity index (χ2n) is 2.94. The van der Waals surface area contributed by atoms with E-state index in [1.54, 1.807) is 0 Å². The summed E-state index contributed by atoms with van der Waals surface area (Å²) in [5.41, 5.74) is -1.72. The van der Waals surface area contributed by atoms with Gasteiger partial charge in [0.05, 0.1) is 6.61 Å². The molecule has 0 spiro atoms. The first-order chi connectivity index (χ1) is 6.39. The summed E-state index contributed by atoms with van der Waals surface area (Å²) in [7, 11) is 0. The minimum atomic E-state index is -1.72. The van der Waals surface area contributed by atoms with E-state index in [0.29, 0.717) is 0 Å². The van der Waals surface area contributed by atoms with Crippen LogP contribution in [0.2, 0.25) is 0 Å². The third-order valence-corrected chi connectivity index (χ3v) is 1.38. The smallest absolute Gasteiger partial charge is 0.302 e. The van der Waals surface area contributed by atoms with Crippen LogP contribution in [0.15, 0.2) is 0 Å². The van der Waals surface area contributed by atoms with Gasteiger partial charge in [0.15, 0.2) is 5.60 Å². The molecule has 0 atom stereocenters. The molecule has 0 aromatic carbocycles. The SMILES string of the molecule is CC(=O)OCC(O)(CO)COC(C)=O. The standard InChI is InChI=1S/C8H14O6/c1-6(10)13-4-8(12,3-9)5-14-7(2)11/h9,12H,3-5H2,1-2H3. The van der Waals surface area contributed by atoms with E-state index in [2.05, 4.69) is 9.47 Å². The first-order valence-electron chi connectivity index (χ1n) is 3.99. The highest BCUT2D eigenvalue weighted by Crippen LogP contribution is 2.05. The van der Waals surface area contributed by atoms with E-state index >= 15 is 0 Å². The number of carbonyl (C=O) groups excluding carboxylic acids is 2. The maximum Gasteiger partial charge on any atom is 0.302 e. The summed E-state index contributed by atoms with van der Waals surface area (Å²) in [5, 5.41) is 18.3. The zero-order valence-electron chi connectivity index (χ0n) is 8.15. The monoisotopic (exact) mass is 206 g/mol. The van der Waals surface area contributed by atoms with Gasteiger partial charge in [-0.05, 0) is 0 Å². The fourth-order valence-corrected chi connectivity index (χ4v) is 0.605. The molecule has 0 amide bonds. The Hall–Kier alpha value is -1.14. The Morgan fingerprint density at radius 3 is 1.71 bits per heavy atom. The first-order valence-corrected chi connectivity index (χ1v) is 3.99. The van der Waals surface area contributed by atoms with Gasteiger partial charge < -0.3 is 19.7 Å². The Morgan fingerprint density at radius 2 is 1.50 bits per heavy atom. The van der Waals surface area contributed by atoms with Gasteiger partial charge in [0.2, 0.25) is 0 Å². The molecule has 0 unspecified atom stereocenters. The molecule has 0 saturated heterocycles. The summed E-state index contributed by atoms with van der Waals surface area (Å²) in [5.74, 6) is -1.17. The predicted molar refractivity (Wildman–Crippen MR) is 45.3 cm³/mol. The summed E-state index contributed by atoms with van der Waals surface area (Å²) in [6.07, 6.45) is 0. The Balaban J connectivity index is 4.03. The van der Waals surface area contributed by atoms with Crippen LogP contribution in [0, 0.1) is 0 Å². The zero-order valence-corrected chi connectivity index (χ0v) is 8.15. The topological polar surface area (TPSA) is 93.1 Å². The molecule has 82 valence electrons. The zero-order chi connectivity index (χ0) is 11.2. The van der Waals surface area contributed by atoms with Gasteiger partial charge in [-0.25, -0.2) is 0 Å². The summed E-state index contributed by atoms with van der Waals surface area (Å²) in [4.78, 5) is 20.8. The molecule has 2 N–H and O–H groups in total. The van der Waals surface area contributed by atoms with Gasteiger partial charge in [-0.2, -0.15) is 0 Å². The lowest BCUT2D eigenvalue weighted by atomic mass is 10.1. The molecule has 0 aliphatic rings. The van der Waals surface area contributed by atoms with Gasteiger partial charge in [-0.1, -0.05) is 0 Å². The first kappa shape index (κ1) is 12.9. The minimum Gasteiger partial charge on any atom is -0.463 e. The molecule has 0 aliphatic heterocycles. The molecule has 0 rings (SSSR count). The molecule has 0 fully saturated rings. The van der Waals surface area contributed by atoms with Gasteiger partial charge in [0, 0.05) is 13.8 Å². The molecule has 6 nitrogen and oxygen atoms in total. The number of hydrogen-bond donors (Lipinski definition) is 2. The minimum absolute atomic E-state index is 0.411. The molecule has 6 heteroatoms. The summed E-state index contributed by atoms with van der Waals surface area (Å²) >= 11 is 0. The summed E-state index contributed by atoms with van der Waals surface area (Å²) in [6, 6.07) is 0. The number of ether oxygens (including phenoxy) is 2. The van der Waals surface area contributed by atoms with Gasteiger partial charge in [-0.15, -0.1) is 0 Å². The van der Waals surface area contributed by atoms with E-state index in [9.17, 15) is 14.7 Å². The molecule has 0 bridgehead atoms. The quantitative estimate of drug-likeness (QED) is 0.551. The summed E-state index contributed by atoms with van der Waals surface area (Å²) in [6.45, 7) is 0.860. The van der Waals surface area contributed by atoms with Gasteiger partial charge >= 0.3 is 11.9 Å². The maximum absolute atomic E-state index is 10.4. The lowest BCUT2D eigenvalue weighted by Crippen LogP contribution is -2.44. The molecule has 0 aromatic heterocycles. The number of aliphatic hydroxyl groups excluding tert-OH is 1. The Kier molecular flexibility index (Phi) is 5.11. The fraction of sp³-hybridized carbons (Fsp3) is 0.750. The van der Waals surface area contributed by atoms with Crippen molar-refractivity contribution in [2.45, 2.75) is 19.4 Å². The van der Waals surface area contributed by atoms with Crippen molar-refractivity contribution in [1.29, 1.82) is 0 Å². The van der Waals surface area contributed by atoms with Crippen molar-refractivity contribution < 1.29 is 29.3 Å². The van der Waals surface area contributed by atoms with Crippen molar-refractivity contribution in [3.8, 4) is 0 Å². The van der Waals surface area contributed by atoms with Crippen LogP contribution < -0.4 is 0 Å². The second kappa shape index (κ2) is 5.56. The number of hydrogen-bond acceptors (Lipinski definition) is 6.